The van der Waals surface area contributed by atoms with Crippen molar-refractivity contribution in [3.8, 4) is 18.1 Å². The van der Waals surface area contributed by atoms with Crippen LogP contribution >= 0.6 is 0 Å². The van der Waals surface area contributed by atoms with Crippen LogP contribution in [-0.2, 0) is 14.2 Å². The first-order valence-corrected chi connectivity index (χ1v) is 20.4. The summed E-state index contributed by atoms with van der Waals surface area (Å²) in [4.78, 5) is 22.2. The van der Waals surface area contributed by atoms with Gasteiger partial charge in [0.15, 0.2) is 12.6 Å². The second-order valence-electron chi connectivity index (χ2n) is 17.7. The molecule has 3 saturated heterocycles. The van der Waals surface area contributed by atoms with Gasteiger partial charge >= 0.3 is 6.09 Å². The number of carbonyl (C=O) groups is 1. The van der Waals surface area contributed by atoms with Crippen LogP contribution in [0.4, 0.5) is 26.7 Å². The highest BCUT2D eigenvalue weighted by Gasteiger charge is 2.53. The van der Waals surface area contributed by atoms with Crippen LogP contribution in [-0.4, -0.2) is 97.1 Å². The van der Waals surface area contributed by atoms with Crippen LogP contribution in [0.5, 0.6) is 5.75 Å². The van der Waals surface area contributed by atoms with Gasteiger partial charge in [0.05, 0.1) is 29.5 Å². The molecule has 6 heterocycles. The number of halogens is 5. The van der Waals surface area contributed by atoms with E-state index in [-0.39, 0.29) is 85.3 Å². The Balaban J connectivity index is 1.32. The summed E-state index contributed by atoms with van der Waals surface area (Å²) < 4.78 is 104. The number of carbonyl (C=O) groups excluding carboxylic acids is 1. The number of aliphatic imine (C=N–C) groups is 1. The summed E-state index contributed by atoms with van der Waals surface area (Å²) in [5.41, 5.74) is -0.945. The summed E-state index contributed by atoms with van der Waals surface area (Å²) in [5.74, 6) is -1.26. The van der Waals surface area contributed by atoms with E-state index in [1.807, 2.05) is 37.7 Å². The van der Waals surface area contributed by atoms with Gasteiger partial charge in [-0.3, -0.25) is 9.91 Å². The van der Waals surface area contributed by atoms with E-state index in [4.69, 9.17) is 30.4 Å². The number of ether oxygens (including phenoxy) is 4. The summed E-state index contributed by atoms with van der Waals surface area (Å²) in [7, 11) is 3.28. The number of hydrogen-bond acceptors (Lipinski definition) is 9. The molecule has 4 bridgehead atoms. The smallest absolute Gasteiger partial charge is 0.429 e. The van der Waals surface area contributed by atoms with E-state index in [1.165, 1.54) is 30.2 Å². The number of terminal acetylenes is 1. The van der Waals surface area contributed by atoms with Crippen LogP contribution in [0.1, 0.15) is 77.3 Å². The molecule has 2 aromatic carbocycles. The third-order valence-corrected chi connectivity index (χ3v) is 12.5. The average Bonchev–Trinajstić information content (AvgIpc) is 3.27. The lowest BCUT2D eigenvalue weighted by atomic mass is 9.73. The van der Waals surface area contributed by atoms with Crippen molar-refractivity contribution in [3.05, 3.63) is 81.8 Å². The summed E-state index contributed by atoms with van der Waals surface area (Å²) in [6.07, 6.45) is 6.30. The van der Waals surface area contributed by atoms with E-state index in [9.17, 15) is 13.6 Å². The molecule has 9 rings (SSSR count). The first kappa shape index (κ1) is 41.7. The summed E-state index contributed by atoms with van der Waals surface area (Å²) >= 11 is 0. The van der Waals surface area contributed by atoms with Gasteiger partial charge in [-0.25, -0.2) is 36.7 Å². The van der Waals surface area contributed by atoms with Gasteiger partial charge < -0.3 is 23.8 Å². The SMILES string of the molecule is C#Cc1c(F)ccc2cc(OCOC)cc(C3=C(F)C=C(OC[C@]4(C)CN(C)CC[C@@H]4C(F)F)N4C5=NCN6C7=C5[C@@H](CCCC4=C3F)[C@H](CC7)N6C(=O)OC(C)(C)C)c12. The predicted octanol–water partition coefficient (Wildman–Crippen LogP) is 9.26. The van der Waals surface area contributed by atoms with Gasteiger partial charge in [0, 0.05) is 59.2 Å². The van der Waals surface area contributed by atoms with E-state index < -0.39 is 52.5 Å². The van der Waals surface area contributed by atoms with E-state index >= 15 is 13.2 Å². The fourth-order valence-corrected chi connectivity index (χ4v) is 9.96. The van der Waals surface area contributed by atoms with Crippen molar-refractivity contribution in [2.45, 2.75) is 84.3 Å². The summed E-state index contributed by atoms with van der Waals surface area (Å²) in [5, 5.41) is 3.93. The predicted molar refractivity (Wildman–Crippen MR) is 216 cm³/mol. The number of benzene rings is 2. The summed E-state index contributed by atoms with van der Waals surface area (Å²) in [6.45, 7) is 7.47. The maximum atomic E-state index is 18.0. The molecule has 0 radical (unpaired) electrons. The lowest BCUT2D eigenvalue weighted by Crippen LogP contribution is -2.64. The Hall–Kier alpha value is -5.07. The van der Waals surface area contributed by atoms with Crippen molar-refractivity contribution < 1.29 is 45.7 Å². The molecular weight excluding hydrogens is 786 g/mol. The summed E-state index contributed by atoms with van der Waals surface area (Å²) in [6, 6.07) is 5.34. The normalized spacial score (nSPS) is 25.8. The molecule has 15 heteroatoms. The quantitative estimate of drug-likeness (QED) is 0.148. The fourth-order valence-electron chi connectivity index (χ4n) is 9.96. The molecule has 10 nitrogen and oxygen atoms in total. The lowest BCUT2D eigenvalue weighted by Gasteiger charge is -2.57. The number of piperidine rings is 1. The van der Waals surface area contributed by atoms with Crippen molar-refractivity contribution in [1.82, 2.24) is 19.8 Å². The number of rotatable bonds is 8. The topological polar surface area (TPSA) is 79.3 Å². The van der Waals surface area contributed by atoms with Gasteiger partial charge in [-0.15, -0.1) is 6.42 Å². The maximum absolute atomic E-state index is 18.0. The van der Waals surface area contributed by atoms with Crippen LogP contribution in [0, 0.1) is 35.4 Å². The van der Waals surface area contributed by atoms with Gasteiger partial charge in [0.1, 0.15) is 35.5 Å². The van der Waals surface area contributed by atoms with E-state index in [0.29, 0.717) is 43.4 Å². The zero-order valence-corrected chi connectivity index (χ0v) is 34.7. The molecule has 0 saturated carbocycles. The molecule has 0 aromatic heterocycles. The highest BCUT2D eigenvalue weighted by atomic mass is 19.3. The Morgan fingerprint density at radius 1 is 1.08 bits per heavy atom. The minimum Gasteiger partial charge on any atom is -0.478 e. The fraction of sp³-hybridized carbons (Fsp3) is 0.511. The van der Waals surface area contributed by atoms with E-state index in [1.54, 1.807) is 18.0 Å². The molecule has 4 atom stereocenters. The van der Waals surface area contributed by atoms with Gasteiger partial charge in [0.2, 0.25) is 12.3 Å². The molecule has 7 aliphatic rings. The van der Waals surface area contributed by atoms with Crippen molar-refractivity contribution >= 4 is 28.3 Å². The number of amidine groups is 1. The highest BCUT2D eigenvalue weighted by molar-refractivity contribution is 6.05. The number of methoxy groups -OCH3 is 1. The van der Waals surface area contributed by atoms with Crippen LogP contribution in [0.15, 0.2) is 69.8 Å². The van der Waals surface area contributed by atoms with Crippen LogP contribution in [0.2, 0.25) is 0 Å². The second kappa shape index (κ2) is 15.8. The zero-order valence-electron chi connectivity index (χ0n) is 34.7. The van der Waals surface area contributed by atoms with Gasteiger partial charge in [0.25, 0.3) is 0 Å². The average molecular weight is 836 g/mol. The molecular formula is C45H50F5N5O5. The standard InChI is InChI=1S/C45H50F5N5O5/c1-8-27-31(46)13-12-25-18-26(59-24-57-7)19-29(37(25)27)38-32(47)20-36(58-22-45(5)21-52(6)17-16-30(45)41(49)50)54-35(40(38)48)11-9-10-28-33-14-15-34-39(28)42(54)51-23-53(34)55(33)43(56)60-44(2,3)4/h1,12-13,18-20,28,30,33,41H,9-11,14-17,21-24H2,2-7H3/t28-,30+,33-,45-/m0/s1. The minimum absolute atomic E-state index is 0.0254. The highest BCUT2D eigenvalue weighted by Crippen LogP contribution is 2.52. The van der Waals surface area contributed by atoms with Crippen LogP contribution in [0.25, 0.3) is 16.3 Å². The van der Waals surface area contributed by atoms with Gasteiger partial charge in [-0.05, 0) is 96.5 Å². The van der Waals surface area contributed by atoms with Crippen molar-refractivity contribution in [1.29, 1.82) is 0 Å². The van der Waals surface area contributed by atoms with Crippen molar-refractivity contribution in [3.63, 3.8) is 0 Å². The molecule has 2 aromatic rings. The number of nitrogens with zero attached hydrogens (tertiary/aromatic N) is 5. The number of hydrogen-bond donors (Lipinski definition) is 0. The van der Waals surface area contributed by atoms with Crippen molar-refractivity contribution in [2.75, 3.05) is 47.3 Å². The Morgan fingerprint density at radius 3 is 2.58 bits per heavy atom. The maximum Gasteiger partial charge on any atom is 0.429 e. The molecule has 1 aliphatic carbocycles. The number of fused-ring (bicyclic) bond motifs is 4. The Kier molecular flexibility index (Phi) is 10.9. The van der Waals surface area contributed by atoms with Gasteiger partial charge in [-0.1, -0.05) is 18.9 Å². The number of allylic oxidation sites excluding steroid dienone is 6. The molecule has 1 amide bonds. The van der Waals surface area contributed by atoms with E-state index in [2.05, 4.69) is 5.92 Å². The van der Waals surface area contributed by atoms with Gasteiger partial charge in [-0.2, -0.15) is 0 Å². The molecule has 320 valence electrons. The Morgan fingerprint density at radius 2 is 1.87 bits per heavy atom. The minimum atomic E-state index is -2.63. The monoisotopic (exact) mass is 835 g/mol. The largest absolute Gasteiger partial charge is 0.478 e. The molecule has 6 aliphatic heterocycles. The molecule has 60 heavy (non-hydrogen) atoms. The van der Waals surface area contributed by atoms with Crippen LogP contribution in [0.3, 0.4) is 0 Å². The Bertz CT molecular complexity index is 2310. The first-order chi connectivity index (χ1) is 28.5. The third-order valence-electron chi connectivity index (χ3n) is 12.5. The number of likely N-dealkylation sites (tertiary alicyclic amines) is 1. The first-order valence-electron chi connectivity index (χ1n) is 20.4. The Labute approximate surface area is 346 Å². The number of amides is 1. The molecule has 0 N–H and O–H groups in total. The molecule has 3 fully saturated rings. The number of alkyl halides is 2. The number of hydrazine groups is 1. The second-order valence-corrected chi connectivity index (χ2v) is 17.7. The zero-order chi connectivity index (χ0) is 42.8. The molecule has 0 unspecified atom stereocenters. The lowest BCUT2D eigenvalue weighted by molar-refractivity contribution is -0.0958. The molecule has 0 spiro atoms. The van der Waals surface area contributed by atoms with Crippen LogP contribution < -0.4 is 4.74 Å². The van der Waals surface area contributed by atoms with Crippen molar-refractivity contribution in [2.24, 2.45) is 22.2 Å². The third kappa shape index (κ3) is 7.19. The van der Waals surface area contributed by atoms with E-state index in [0.717, 1.165) is 17.3 Å².